The molecule has 4 nitrogen and oxygen atoms in total. The average Bonchev–Trinajstić information content (AvgIpc) is 3.33. The van der Waals surface area contributed by atoms with Gasteiger partial charge in [-0.3, -0.25) is 4.79 Å². The zero-order valence-corrected chi connectivity index (χ0v) is 17.3. The van der Waals surface area contributed by atoms with E-state index in [0.717, 1.165) is 33.0 Å². The van der Waals surface area contributed by atoms with Crippen LogP contribution in [0.1, 0.15) is 66.1 Å². The second-order valence-corrected chi connectivity index (χ2v) is 8.98. The summed E-state index contributed by atoms with van der Waals surface area (Å²) < 4.78 is 2.39. The number of aryl methyl sites for hydroxylation is 2. The lowest BCUT2D eigenvalue weighted by molar-refractivity contribution is 0.0995. The molecule has 2 heterocycles. The Hall–Kier alpha value is -2.01. The molecule has 4 rings (SSSR count). The van der Waals surface area contributed by atoms with E-state index in [1.165, 1.54) is 31.4 Å². The number of aromatic amines is 1. The van der Waals surface area contributed by atoms with Crippen molar-refractivity contribution in [3.8, 4) is 0 Å². The Morgan fingerprint density at radius 1 is 1.22 bits per heavy atom. The molecule has 0 spiro atoms. The maximum absolute atomic E-state index is 13.3. The summed E-state index contributed by atoms with van der Waals surface area (Å²) >= 11 is 1.60. The van der Waals surface area contributed by atoms with Crippen LogP contribution in [0.4, 0.5) is 0 Å². The van der Waals surface area contributed by atoms with Crippen LogP contribution in [-0.4, -0.2) is 25.6 Å². The van der Waals surface area contributed by atoms with E-state index >= 15 is 0 Å². The van der Waals surface area contributed by atoms with Crippen molar-refractivity contribution in [1.29, 1.82) is 0 Å². The highest BCUT2D eigenvalue weighted by Crippen LogP contribution is 2.37. The molecule has 5 heteroatoms. The molecule has 1 aliphatic rings. The number of fused-ring (bicyclic) bond motifs is 1. The van der Waals surface area contributed by atoms with Gasteiger partial charge in [-0.05, 0) is 46.6 Å². The van der Waals surface area contributed by atoms with Gasteiger partial charge in [-0.25, -0.2) is 4.98 Å². The highest BCUT2D eigenvalue weighted by atomic mass is 32.2. The van der Waals surface area contributed by atoms with Crippen LogP contribution in [0.15, 0.2) is 29.4 Å². The number of H-pyrrole nitrogens is 1. The van der Waals surface area contributed by atoms with E-state index in [9.17, 15) is 4.79 Å². The first-order chi connectivity index (χ1) is 13.0. The van der Waals surface area contributed by atoms with Gasteiger partial charge in [0.25, 0.3) is 0 Å². The van der Waals surface area contributed by atoms with Gasteiger partial charge in [0.2, 0.25) is 0 Å². The lowest BCUT2D eigenvalue weighted by Gasteiger charge is -2.18. The summed E-state index contributed by atoms with van der Waals surface area (Å²) in [6.45, 7) is 8.22. The van der Waals surface area contributed by atoms with E-state index in [0.29, 0.717) is 6.04 Å². The fraction of sp³-hybridized carbons (Fsp3) is 0.455. The summed E-state index contributed by atoms with van der Waals surface area (Å²) in [6, 6.07) is 8.57. The third kappa shape index (κ3) is 3.22. The van der Waals surface area contributed by atoms with Crippen molar-refractivity contribution in [3.63, 3.8) is 0 Å². The standard InChI is InChI=1S/C22H27N3OS/c1-13-15(3)25(17-9-5-6-10-17)22(24-13)27-16(4)21(26)20-14(2)23-19-12-8-7-11-18(19)20/h7-8,11-12,16-17,23H,5-6,9-10H2,1-4H3/t16-/m0/s1. The molecule has 27 heavy (non-hydrogen) atoms. The Morgan fingerprint density at radius 3 is 2.67 bits per heavy atom. The molecule has 142 valence electrons. The van der Waals surface area contributed by atoms with E-state index in [-0.39, 0.29) is 11.0 Å². The average molecular weight is 382 g/mol. The molecule has 1 N–H and O–H groups in total. The van der Waals surface area contributed by atoms with Crippen molar-refractivity contribution in [2.45, 2.75) is 69.8 Å². The number of hydrogen-bond donors (Lipinski definition) is 1. The molecular formula is C22H27N3OS. The molecule has 1 aromatic carbocycles. The summed E-state index contributed by atoms with van der Waals surface area (Å²) in [6.07, 6.45) is 5.01. The van der Waals surface area contributed by atoms with Gasteiger partial charge < -0.3 is 9.55 Å². The molecule has 1 atom stereocenters. The van der Waals surface area contributed by atoms with Gasteiger partial charge in [-0.1, -0.05) is 42.8 Å². The third-order valence-electron chi connectivity index (χ3n) is 5.84. The monoisotopic (exact) mass is 381 g/mol. The second kappa shape index (κ2) is 7.19. The highest BCUT2D eigenvalue weighted by molar-refractivity contribution is 8.00. The Kier molecular flexibility index (Phi) is 4.89. The van der Waals surface area contributed by atoms with E-state index in [1.54, 1.807) is 11.8 Å². The SMILES string of the molecule is Cc1nc(S[C@@H](C)C(=O)c2c(C)[nH]c3ccccc23)n(C2CCCC2)c1C. The summed E-state index contributed by atoms with van der Waals surface area (Å²) in [4.78, 5) is 21.4. The van der Waals surface area contributed by atoms with Gasteiger partial charge in [-0.2, -0.15) is 0 Å². The van der Waals surface area contributed by atoms with Gasteiger partial charge in [0.05, 0.1) is 10.9 Å². The third-order valence-corrected chi connectivity index (χ3v) is 6.90. The number of imidazole rings is 1. The number of rotatable bonds is 5. The van der Waals surface area contributed by atoms with Crippen LogP contribution in [0.2, 0.25) is 0 Å². The smallest absolute Gasteiger partial charge is 0.178 e. The molecule has 0 saturated heterocycles. The number of nitrogens with one attached hydrogen (secondary N) is 1. The molecule has 2 aromatic heterocycles. The number of aromatic nitrogens is 3. The van der Waals surface area contributed by atoms with Crippen molar-refractivity contribution < 1.29 is 4.79 Å². The van der Waals surface area contributed by atoms with Crippen LogP contribution in [0, 0.1) is 20.8 Å². The number of ketones is 1. The molecule has 0 aliphatic heterocycles. The Bertz CT molecular complexity index is 995. The minimum absolute atomic E-state index is 0.172. The number of carbonyl (C=O) groups is 1. The van der Waals surface area contributed by atoms with Gasteiger partial charge in [-0.15, -0.1) is 0 Å². The zero-order chi connectivity index (χ0) is 19.1. The van der Waals surface area contributed by atoms with Crippen LogP contribution in [0.5, 0.6) is 0 Å². The van der Waals surface area contributed by atoms with E-state index in [2.05, 4.69) is 23.4 Å². The first-order valence-corrected chi connectivity index (χ1v) is 10.7. The Balaban J connectivity index is 1.64. The number of para-hydroxylation sites is 1. The summed E-state index contributed by atoms with van der Waals surface area (Å²) in [5, 5.41) is 1.83. The molecular weight excluding hydrogens is 354 g/mol. The predicted molar refractivity (Wildman–Crippen MR) is 112 cm³/mol. The zero-order valence-electron chi connectivity index (χ0n) is 16.5. The van der Waals surface area contributed by atoms with Crippen molar-refractivity contribution in [3.05, 3.63) is 46.9 Å². The first kappa shape index (κ1) is 18.4. The highest BCUT2D eigenvalue weighted by Gasteiger charge is 2.27. The molecule has 0 amide bonds. The summed E-state index contributed by atoms with van der Waals surface area (Å²) in [5.41, 5.74) is 5.10. The molecule has 0 radical (unpaired) electrons. The van der Waals surface area contributed by atoms with E-state index in [1.807, 2.05) is 38.1 Å². The number of nitrogens with zero attached hydrogens (tertiary/aromatic N) is 2. The molecule has 3 aromatic rings. The fourth-order valence-electron chi connectivity index (χ4n) is 4.28. The Labute approximate surface area is 164 Å². The van der Waals surface area contributed by atoms with Crippen molar-refractivity contribution in [1.82, 2.24) is 14.5 Å². The summed E-state index contributed by atoms with van der Waals surface area (Å²) in [7, 11) is 0. The van der Waals surface area contributed by atoms with Crippen molar-refractivity contribution in [2.75, 3.05) is 0 Å². The lowest BCUT2D eigenvalue weighted by Crippen LogP contribution is -2.16. The Morgan fingerprint density at radius 2 is 1.93 bits per heavy atom. The number of carbonyl (C=O) groups excluding carboxylic acids is 1. The van der Waals surface area contributed by atoms with Crippen molar-refractivity contribution in [2.24, 2.45) is 0 Å². The number of thioether (sulfide) groups is 1. The topological polar surface area (TPSA) is 50.7 Å². The van der Waals surface area contributed by atoms with Gasteiger partial charge in [0.15, 0.2) is 10.9 Å². The van der Waals surface area contributed by atoms with Crippen LogP contribution in [0.3, 0.4) is 0 Å². The fourth-order valence-corrected chi connectivity index (χ4v) is 5.41. The lowest BCUT2D eigenvalue weighted by atomic mass is 10.1. The van der Waals surface area contributed by atoms with Crippen LogP contribution in [0.25, 0.3) is 10.9 Å². The maximum Gasteiger partial charge on any atom is 0.178 e. The largest absolute Gasteiger partial charge is 0.358 e. The number of benzene rings is 1. The van der Waals surface area contributed by atoms with Gasteiger partial charge in [0.1, 0.15) is 0 Å². The predicted octanol–water partition coefficient (Wildman–Crippen LogP) is 5.77. The molecule has 0 bridgehead atoms. The molecule has 1 saturated carbocycles. The van der Waals surface area contributed by atoms with Gasteiger partial charge in [0, 0.05) is 33.9 Å². The quantitative estimate of drug-likeness (QED) is 0.451. The maximum atomic E-state index is 13.3. The van der Waals surface area contributed by atoms with Crippen LogP contribution >= 0.6 is 11.8 Å². The summed E-state index contributed by atoms with van der Waals surface area (Å²) in [5.74, 6) is 0.172. The minimum Gasteiger partial charge on any atom is -0.358 e. The second-order valence-electron chi connectivity index (χ2n) is 7.67. The van der Waals surface area contributed by atoms with Crippen LogP contribution in [-0.2, 0) is 0 Å². The van der Waals surface area contributed by atoms with Gasteiger partial charge >= 0.3 is 0 Å². The minimum atomic E-state index is -0.177. The number of Topliss-reactive ketones (excluding diaryl/α,β-unsaturated/α-hetero) is 1. The molecule has 1 aliphatic carbocycles. The first-order valence-electron chi connectivity index (χ1n) is 9.81. The van der Waals surface area contributed by atoms with E-state index in [4.69, 9.17) is 4.98 Å². The molecule has 1 fully saturated rings. The van der Waals surface area contributed by atoms with Crippen LogP contribution < -0.4 is 0 Å². The van der Waals surface area contributed by atoms with Crippen molar-refractivity contribution >= 4 is 28.4 Å². The normalized spacial score (nSPS) is 16.3. The molecule has 0 unspecified atom stereocenters. The number of hydrogen-bond acceptors (Lipinski definition) is 3. The van der Waals surface area contributed by atoms with E-state index < -0.39 is 0 Å².